The van der Waals surface area contributed by atoms with E-state index in [-0.39, 0.29) is 85.9 Å². The molecule has 0 unspecified atom stereocenters. The third-order valence-electron chi connectivity index (χ3n) is 17.5. The molecule has 0 radical (unpaired) electrons. The largest absolute Gasteiger partial charge is 0.376 e. The van der Waals surface area contributed by atoms with Gasteiger partial charge in [0.05, 0.1) is 98.0 Å². The van der Waals surface area contributed by atoms with Gasteiger partial charge in [-0.2, -0.15) is 0 Å². The number of rotatable bonds is 41. The molecule has 532 valence electrons. The minimum Gasteiger partial charge on any atom is -0.376 e. The van der Waals surface area contributed by atoms with Crippen molar-refractivity contribution in [3.8, 4) is 0 Å². The molecule has 9 aromatic rings. The number of nitrogens with zero attached hydrogens (tertiary/aromatic N) is 9. The zero-order valence-corrected chi connectivity index (χ0v) is 57.1. The number of azide groups is 3. The average Bonchev–Trinajstić information content (AvgIpc) is 0.767. The molecular weight excluding hydrogens is 1310 g/mol. The summed E-state index contributed by atoms with van der Waals surface area (Å²) in [7, 11) is 0. The Morgan fingerprint density at radius 1 is 0.320 bits per heavy atom. The quantitative estimate of drug-likeness (QED) is 0.0196. The minimum absolute atomic E-state index is 0.0172. The van der Waals surface area contributed by atoms with Crippen LogP contribution in [0.4, 0.5) is 0 Å². The zero-order valence-electron chi connectivity index (χ0n) is 57.1. The van der Waals surface area contributed by atoms with Crippen molar-refractivity contribution >= 4 is 0 Å². The highest BCUT2D eigenvalue weighted by molar-refractivity contribution is 5.21. The highest BCUT2D eigenvalue weighted by Gasteiger charge is 2.55. The van der Waals surface area contributed by atoms with Gasteiger partial charge in [-0.05, 0) is 66.7 Å². The van der Waals surface area contributed by atoms with Gasteiger partial charge in [0.25, 0.3) is 0 Å². The lowest BCUT2D eigenvalue weighted by atomic mass is 9.94. The average molecular weight is 1390 g/mol. The maximum Gasteiger partial charge on any atom is 0.169 e. The van der Waals surface area contributed by atoms with Crippen LogP contribution in [0.2, 0.25) is 0 Å². The Kier molecular flexibility index (Phi) is 30.0. The van der Waals surface area contributed by atoms with Crippen LogP contribution in [0.15, 0.2) is 288 Å². The van der Waals surface area contributed by atoms with Gasteiger partial charge in [-0.1, -0.05) is 288 Å². The van der Waals surface area contributed by atoms with Gasteiger partial charge in [0.1, 0.15) is 60.9 Å². The molecule has 0 N–H and O–H groups in total. The van der Waals surface area contributed by atoms with E-state index in [9.17, 15) is 16.6 Å². The molecule has 2 aliphatic heterocycles. The van der Waals surface area contributed by atoms with E-state index in [2.05, 4.69) is 30.1 Å². The Hall–Kier alpha value is -9.61. The van der Waals surface area contributed by atoms with Crippen LogP contribution in [0.3, 0.4) is 0 Å². The van der Waals surface area contributed by atoms with Crippen molar-refractivity contribution in [1.29, 1.82) is 0 Å². The summed E-state index contributed by atoms with van der Waals surface area (Å²) in [5, 5.41) is 13.4. The van der Waals surface area contributed by atoms with E-state index >= 15 is 0 Å². The molecule has 2 saturated heterocycles. The summed E-state index contributed by atoms with van der Waals surface area (Å²) in [4.78, 5) is 10.3. The van der Waals surface area contributed by atoms with Crippen molar-refractivity contribution < 1.29 is 61.6 Å². The monoisotopic (exact) mass is 1390 g/mol. The lowest BCUT2D eigenvalue weighted by Gasteiger charge is -2.49. The molecule has 22 nitrogen and oxygen atoms in total. The maximum atomic E-state index is 11.0. The first-order valence-electron chi connectivity index (χ1n) is 34.5. The molecular formula is C81H85N9O13. The summed E-state index contributed by atoms with van der Waals surface area (Å²) < 4.78 is 91.0. The fraction of sp³-hybridized carbons (Fsp3) is 0.333. The Balaban J connectivity index is 1.02. The third kappa shape index (κ3) is 23.2. The van der Waals surface area contributed by atoms with Crippen LogP contribution < -0.4 is 0 Å². The standard InChI is InChI=1S/C81H85N9O13/c82-88-85-68(55-91-46-59-28-10-1-11-29-59)74(95-50-63-36-18-5-19-37-63)75(96-51-64-38-20-6-21-39-64)69(56-92-47-60-30-12-2-13-31-60)100-80-73(87-90-84)79(99-54-67-44-26-9-27-45-67)77(71(102-80)58-94-49-62-34-16-4-17-35-62)103-81-72(86-89-83)78(98-53-66-42-24-8-25-43-66)76(97-52-65-40-22-7-23-41-65)70(101-81)57-93-48-61-32-14-3-15-33-61/h1-45,68-81H,46-58H2/t68-,69-,70-,71-,72-,73-,74-,75-,76-,77-,78-,79-,80+,81-/m1/s1. The molecule has 14 atom stereocenters. The normalized spacial score (nSPS) is 21.3. The molecule has 0 amide bonds. The second kappa shape index (κ2) is 41.5. The molecule has 2 aliphatic rings. The SMILES string of the molecule is [N-]=[N+]=N[C@H]1[C@@H](O[C@H]2[C@H](OCc3ccccc3)[C@@H](N=[N+]=[N-])[C@@H](O[C@H](COCc3ccccc3)[C@@H](OCc3ccccc3)[C@H](OCc3ccccc3)[C@@H](COCc3ccccc3)N=[N+]=[N-])O[C@@H]2COCc2ccccc2)O[C@H](COCc2ccccc2)[C@@H](OCc2ccccc2)[C@@H]1OCc1ccccc1. The van der Waals surface area contributed by atoms with Crippen LogP contribution >= 0.6 is 0 Å². The topological polar surface area (TPSA) is 266 Å². The fourth-order valence-electron chi connectivity index (χ4n) is 12.3. The van der Waals surface area contributed by atoms with E-state index < -0.39 is 85.6 Å². The number of benzene rings is 9. The Bertz CT molecular complexity index is 4000. The summed E-state index contributed by atoms with van der Waals surface area (Å²) in [5.41, 5.74) is 39.9. The first-order chi connectivity index (χ1) is 51.0. The van der Waals surface area contributed by atoms with Gasteiger partial charge in [-0.15, -0.1) is 0 Å². The molecule has 2 fully saturated rings. The van der Waals surface area contributed by atoms with E-state index in [1.807, 2.05) is 273 Å². The lowest BCUT2D eigenvalue weighted by molar-refractivity contribution is -0.348. The van der Waals surface area contributed by atoms with Gasteiger partial charge in [0.2, 0.25) is 0 Å². The van der Waals surface area contributed by atoms with Crippen LogP contribution in [-0.4, -0.2) is 112 Å². The maximum absolute atomic E-state index is 11.0. The van der Waals surface area contributed by atoms with Gasteiger partial charge < -0.3 is 61.6 Å². The van der Waals surface area contributed by atoms with Crippen LogP contribution in [0.25, 0.3) is 31.3 Å². The smallest absolute Gasteiger partial charge is 0.169 e. The van der Waals surface area contributed by atoms with Crippen LogP contribution in [0.1, 0.15) is 50.1 Å². The molecule has 9 aromatic carbocycles. The van der Waals surface area contributed by atoms with Crippen LogP contribution in [-0.2, 0) is 121 Å². The third-order valence-corrected chi connectivity index (χ3v) is 17.5. The lowest BCUT2D eigenvalue weighted by Crippen LogP contribution is -2.65. The van der Waals surface area contributed by atoms with Gasteiger partial charge in [0.15, 0.2) is 12.6 Å². The van der Waals surface area contributed by atoms with Gasteiger partial charge in [0, 0.05) is 14.7 Å². The molecule has 11 rings (SSSR count). The second-order valence-electron chi connectivity index (χ2n) is 24.8. The number of hydrogen-bond donors (Lipinski definition) is 0. The summed E-state index contributed by atoms with van der Waals surface area (Å²) in [5.74, 6) is 0. The second-order valence-corrected chi connectivity index (χ2v) is 24.8. The fourth-order valence-corrected chi connectivity index (χ4v) is 12.3. The highest BCUT2D eigenvalue weighted by atomic mass is 16.7. The number of ether oxygens (including phenoxy) is 13. The van der Waals surface area contributed by atoms with Crippen LogP contribution in [0.5, 0.6) is 0 Å². The Morgan fingerprint density at radius 3 is 1.02 bits per heavy atom. The van der Waals surface area contributed by atoms with Crippen molar-refractivity contribution in [2.24, 2.45) is 15.3 Å². The molecule has 22 heteroatoms. The Labute approximate surface area is 600 Å². The predicted octanol–water partition coefficient (Wildman–Crippen LogP) is 16.0. The first-order valence-corrected chi connectivity index (χ1v) is 34.5. The molecule has 0 saturated carbocycles. The van der Waals surface area contributed by atoms with E-state index in [0.29, 0.717) is 0 Å². The summed E-state index contributed by atoms with van der Waals surface area (Å²) in [6.07, 6.45) is -13.2. The van der Waals surface area contributed by atoms with Crippen LogP contribution in [0, 0.1) is 0 Å². The highest BCUT2D eigenvalue weighted by Crippen LogP contribution is 2.38. The first kappa shape index (κ1) is 74.6. The van der Waals surface area contributed by atoms with Gasteiger partial charge in [-0.25, -0.2) is 0 Å². The van der Waals surface area contributed by atoms with Gasteiger partial charge >= 0.3 is 0 Å². The van der Waals surface area contributed by atoms with Crippen molar-refractivity contribution in [1.82, 2.24) is 0 Å². The van der Waals surface area contributed by atoms with Crippen molar-refractivity contribution in [2.75, 3.05) is 26.4 Å². The van der Waals surface area contributed by atoms with Gasteiger partial charge in [-0.3, -0.25) is 0 Å². The summed E-state index contributed by atoms with van der Waals surface area (Å²) in [6, 6.07) is 82.9. The molecule has 0 bridgehead atoms. The summed E-state index contributed by atoms with van der Waals surface area (Å²) in [6.45, 7) is 0.372. The van der Waals surface area contributed by atoms with E-state index in [4.69, 9.17) is 61.6 Å². The zero-order chi connectivity index (χ0) is 70.7. The predicted molar refractivity (Wildman–Crippen MR) is 385 cm³/mol. The number of hydrogen-bond acceptors (Lipinski definition) is 16. The van der Waals surface area contributed by atoms with Crippen molar-refractivity contribution in [2.45, 2.75) is 145 Å². The Morgan fingerprint density at radius 2 is 0.631 bits per heavy atom. The van der Waals surface area contributed by atoms with E-state index in [1.54, 1.807) is 0 Å². The minimum atomic E-state index is -1.53. The summed E-state index contributed by atoms with van der Waals surface area (Å²) >= 11 is 0. The van der Waals surface area contributed by atoms with Crippen molar-refractivity contribution in [3.63, 3.8) is 0 Å². The van der Waals surface area contributed by atoms with Crippen molar-refractivity contribution in [3.05, 3.63) is 354 Å². The molecule has 0 spiro atoms. The molecule has 2 heterocycles. The molecule has 0 aromatic heterocycles. The molecule has 103 heavy (non-hydrogen) atoms. The van der Waals surface area contributed by atoms with E-state index in [1.165, 1.54) is 0 Å². The van der Waals surface area contributed by atoms with E-state index in [0.717, 1.165) is 50.1 Å². The molecule has 0 aliphatic carbocycles.